The first-order valence-corrected chi connectivity index (χ1v) is 11.5. The summed E-state index contributed by atoms with van der Waals surface area (Å²) in [4.78, 5) is 40.0. The molecule has 3 amide bonds. The number of aliphatic hydroxyl groups is 1. The lowest BCUT2D eigenvalue weighted by Crippen LogP contribution is -2.47. The number of aryl methyl sites for hydroxylation is 1. The van der Waals surface area contributed by atoms with E-state index in [9.17, 15) is 19.5 Å². The topological polar surface area (TPSA) is 108 Å². The average Bonchev–Trinajstić information content (AvgIpc) is 2.78. The Morgan fingerprint density at radius 1 is 1.20 bits per heavy atom. The first kappa shape index (κ1) is 27.9. The zero-order chi connectivity index (χ0) is 26.2. The fourth-order valence-corrected chi connectivity index (χ4v) is 3.65. The maximum Gasteiger partial charge on any atom is 0.408 e. The van der Waals surface area contributed by atoms with Crippen LogP contribution in [0.15, 0.2) is 49.0 Å². The Hall–Kier alpha value is -3.36. The van der Waals surface area contributed by atoms with Gasteiger partial charge in [-0.15, -0.1) is 0 Å². The Kier molecular flexibility index (Phi) is 9.86. The fraction of sp³-hybridized carbons (Fsp3) is 0.346. The number of ether oxygens (including phenoxy) is 1. The van der Waals surface area contributed by atoms with Crippen LogP contribution in [0.25, 0.3) is 6.08 Å². The van der Waals surface area contributed by atoms with Gasteiger partial charge in [-0.1, -0.05) is 54.6 Å². The van der Waals surface area contributed by atoms with Gasteiger partial charge in [-0.2, -0.15) is 0 Å². The van der Waals surface area contributed by atoms with Gasteiger partial charge in [0.05, 0.1) is 17.3 Å². The van der Waals surface area contributed by atoms with Gasteiger partial charge in [0.25, 0.3) is 5.91 Å². The molecule has 35 heavy (non-hydrogen) atoms. The monoisotopic (exact) mass is 501 g/mol. The Balaban J connectivity index is 2.41. The minimum atomic E-state index is -1.12. The predicted molar refractivity (Wildman–Crippen MR) is 137 cm³/mol. The van der Waals surface area contributed by atoms with Crippen molar-refractivity contribution in [2.24, 2.45) is 0 Å². The van der Waals surface area contributed by atoms with Crippen molar-refractivity contribution in [3.63, 3.8) is 0 Å². The summed E-state index contributed by atoms with van der Waals surface area (Å²) in [6, 6.07) is 11.1. The van der Waals surface area contributed by atoms with Gasteiger partial charge in [0.2, 0.25) is 5.91 Å². The molecule has 0 fully saturated rings. The van der Waals surface area contributed by atoms with Crippen molar-refractivity contribution < 1.29 is 24.2 Å². The smallest absolute Gasteiger partial charge is 0.408 e. The summed E-state index contributed by atoms with van der Waals surface area (Å²) in [7, 11) is 0. The summed E-state index contributed by atoms with van der Waals surface area (Å²) in [5.74, 6) is -1.11. The average molecular weight is 502 g/mol. The second-order valence-corrected chi connectivity index (χ2v) is 9.27. The van der Waals surface area contributed by atoms with Crippen molar-refractivity contribution in [1.82, 2.24) is 10.2 Å². The number of nitrogens with one attached hydrogen (secondary N) is 2. The van der Waals surface area contributed by atoms with Crippen LogP contribution in [0.5, 0.6) is 0 Å². The number of halogens is 1. The van der Waals surface area contributed by atoms with Crippen LogP contribution in [-0.4, -0.2) is 53.2 Å². The second kappa shape index (κ2) is 12.4. The van der Waals surface area contributed by atoms with E-state index in [2.05, 4.69) is 17.2 Å². The van der Waals surface area contributed by atoms with Gasteiger partial charge in [-0.3, -0.25) is 9.59 Å². The zero-order valence-corrected chi connectivity index (χ0v) is 21.2. The lowest BCUT2D eigenvalue weighted by atomic mass is 10.0. The highest BCUT2D eigenvalue weighted by Gasteiger charge is 2.32. The van der Waals surface area contributed by atoms with Crippen molar-refractivity contribution in [1.29, 1.82) is 0 Å². The molecular weight excluding hydrogens is 470 g/mol. The molecule has 0 radical (unpaired) electrons. The Morgan fingerprint density at radius 3 is 2.49 bits per heavy atom. The molecule has 0 aliphatic carbocycles. The van der Waals surface area contributed by atoms with Gasteiger partial charge in [0.1, 0.15) is 18.2 Å². The van der Waals surface area contributed by atoms with E-state index in [0.29, 0.717) is 16.3 Å². The molecule has 9 heteroatoms. The summed E-state index contributed by atoms with van der Waals surface area (Å²) >= 11 is 6.30. The molecule has 0 heterocycles. The normalized spacial score (nSPS) is 11.8. The molecule has 1 unspecified atom stereocenters. The first-order chi connectivity index (χ1) is 16.5. The highest BCUT2D eigenvalue weighted by molar-refractivity contribution is 6.34. The van der Waals surface area contributed by atoms with Crippen molar-refractivity contribution in [3.05, 3.63) is 70.8 Å². The number of alkyl carbamates (subject to hydrolysis) is 1. The third kappa shape index (κ3) is 8.12. The van der Waals surface area contributed by atoms with E-state index >= 15 is 0 Å². The van der Waals surface area contributed by atoms with Gasteiger partial charge in [-0.25, -0.2) is 4.79 Å². The molecule has 8 nitrogen and oxygen atoms in total. The van der Waals surface area contributed by atoms with Gasteiger partial charge < -0.3 is 25.4 Å². The minimum absolute atomic E-state index is 0.146. The number of carbonyl (C=O) groups is 3. The Labute approximate surface area is 210 Å². The summed E-state index contributed by atoms with van der Waals surface area (Å²) in [5, 5.41) is 15.3. The highest BCUT2D eigenvalue weighted by atomic mass is 35.5. The molecule has 2 aromatic carbocycles. The lowest BCUT2D eigenvalue weighted by Gasteiger charge is -2.31. The number of rotatable bonds is 9. The second-order valence-electron chi connectivity index (χ2n) is 8.86. The van der Waals surface area contributed by atoms with Crippen LogP contribution in [-0.2, 0) is 14.3 Å². The third-order valence-corrected chi connectivity index (χ3v) is 5.25. The molecule has 0 spiro atoms. The molecule has 0 aliphatic rings. The Morgan fingerprint density at radius 2 is 1.89 bits per heavy atom. The molecule has 1 atom stereocenters. The van der Waals surface area contributed by atoms with Crippen molar-refractivity contribution in [2.45, 2.75) is 39.3 Å². The van der Waals surface area contributed by atoms with Gasteiger partial charge in [-0.05, 0) is 56.5 Å². The number of nitrogens with zero attached hydrogens (tertiary/aromatic N) is 1. The van der Waals surface area contributed by atoms with E-state index in [1.54, 1.807) is 70.2 Å². The molecule has 188 valence electrons. The lowest BCUT2D eigenvalue weighted by molar-refractivity contribution is -0.138. The van der Waals surface area contributed by atoms with Crippen LogP contribution in [0.2, 0.25) is 5.02 Å². The van der Waals surface area contributed by atoms with E-state index in [1.165, 1.54) is 4.90 Å². The van der Waals surface area contributed by atoms with E-state index in [-0.39, 0.29) is 6.54 Å². The highest BCUT2D eigenvalue weighted by Crippen LogP contribution is 2.29. The maximum absolute atomic E-state index is 13.6. The largest absolute Gasteiger partial charge is 0.444 e. The summed E-state index contributed by atoms with van der Waals surface area (Å²) in [5.41, 5.74) is 1.68. The zero-order valence-electron chi connectivity index (χ0n) is 20.4. The van der Waals surface area contributed by atoms with Crippen LogP contribution in [0.3, 0.4) is 0 Å². The molecule has 0 saturated carbocycles. The van der Waals surface area contributed by atoms with Crippen LogP contribution in [0.4, 0.5) is 10.5 Å². The van der Waals surface area contributed by atoms with Crippen molar-refractivity contribution >= 4 is 41.3 Å². The van der Waals surface area contributed by atoms with E-state index in [4.69, 9.17) is 16.3 Å². The van der Waals surface area contributed by atoms with Crippen LogP contribution in [0.1, 0.15) is 43.5 Å². The van der Waals surface area contributed by atoms with Crippen molar-refractivity contribution in [2.75, 3.05) is 25.0 Å². The molecule has 0 saturated heterocycles. The van der Waals surface area contributed by atoms with E-state index in [1.807, 2.05) is 6.07 Å². The van der Waals surface area contributed by atoms with Gasteiger partial charge in [0, 0.05) is 6.54 Å². The number of hydrogen-bond acceptors (Lipinski definition) is 5. The standard InChI is InChI=1S/C26H32ClN3O5/c1-6-18-10-8-11-19(15-18)23(24(33)29-22-17(2)9-7-12-20(22)27)30(13-14-31)21(32)16-28-25(34)35-26(3,4)5/h6-12,15,23,31H,1,13-14,16H2,2-5H3,(H,28,34)(H,29,33). The van der Waals surface area contributed by atoms with Crippen LogP contribution >= 0.6 is 11.6 Å². The minimum Gasteiger partial charge on any atom is -0.444 e. The molecule has 0 aliphatic heterocycles. The Bertz CT molecular complexity index is 1060. The molecule has 2 aromatic rings. The molecule has 0 bridgehead atoms. The van der Waals surface area contributed by atoms with Gasteiger partial charge >= 0.3 is 6.09 Å². The number of amides is 3. The molecule has 0 aromatic heterocycles. The molecule has 2 rings (SSSR count). The van der Waals surface area contributed by atoms with Crippen LogP contribution in [0, 0.1) is 6.92 Å². The van der Waals surface area contributed by atoms with Crippen molar-refractivity contribution in [3.8, 4) is 0 Å². The number of carbonyl (C=O) groups excluding carboxylic acids is 3. The number of para-hydroxylation sites is 1. The van der Waals surface area contributed by atoms with Crippen LogP contribution < -0.4 is 10.6 Å². The molecular formula is C26H32ClN3O5. The van der Waals surface area contributed by atoms with E-state index in [0.717, 1.165) is 11.1 Å². The fourth-order valence-electron chi connectivity index (χ4n) is 3.38. The number of anilines is 1. The molecule has 3 N–H and O–H groups in total. The van der Waals surface area contributed by atoms with E-state index < -0.39 is 42.7 Å². The summed E-state index contributed by atoms with van der Waals surface area (Å²) < 4.78 is 5.18. The first-order valence-electron chi connectivity index (χ1n) is 11.1. The summed E-state index contributed by atoms with van der Waals surface area (Å²) in [6.07, 6.45) is 0.856. The van der Waals surface area contributed by atoms with Gasteiger partial charge in [0.15, 0.2) is 0 Å². The SMILES string of the molecule is C=Cc1cccc(C(C(=O)Nc2c(C)cccc2Cl)N(CCO)C(=O)CNC(=O)OC(C)(C)C)c1. The quantitative estimate of drug-likeness (QED) is 0.474. The predicted octanol–water partition coefficient (Wildman–Crippen LogP) is 4.32. The number of benzene rings is 2. The maximum atomic E-state index is 13.6. The summed E-state index contributed by atoms with van der Waals surface area (Å²) in [6.45, 7) is 9.71. The third-order valence-electron chi connectivity index (χ3n) is 4.94. The number of hydrogen-bond donors (Lipinski definition) is 3. The number of aliphatic hydroxyl groups excluding tert-OH is 1.